The SMILES string of the molecule is CCCCCCCCCOC(=O)CCCCCCCN(CCCO)CCCCCCC(C)(C)C(=O)OCCC(CCCCCC)CCCCCC. The zero-order valence-electron chi connectivity index (χ0n) is 35.1. The molecule has 0 aliphatic carbocycles. The Morgan fingerprint density at radius 3 is 1.57 bits per heavy atom. The molecule has 0 spiro atoms. The fourth-order valence-corrected chi connectivity index (χ4v) is 7.11. The van der Waals surface area contributed by atoms with Gasteiger partial charge in [0, 0.05) is 19.6 Å². The molecule has 0 amide bonds. The molecule has 0 bridgehead atoms. The predicted octanol–water partition coefficient (Wildman–Crippen LogP) is 12.8. The monoisotopic (exact) mass is 724 g/mol. The Morgan fingerprint density at radius 1 is 0.529 bits per heavy atom. The molecule has 0 saturated carbocycles. The zero-order valence-corrected chi connectivity index (χ0v) is 35.1. The van der Waals surface area contributed by atoms with Gasteiger partial charge in [-0.05, 0) is 77.8 Å². The molecule has 0 rings (SSSR count). The summed E-state index contributed by atoms with van der Waals surface area (Å²) < 4.78 is 11.3. The van der Waals surface area contributed by atoms with E-state index in [1.807, 2.05) is 0 Å². The van der Waals surface area contributed by atoms with Crippen molar-refractivity contribution in [3.05, 3.63) is 0 Å². The van der Waals surface area contributed by atoms with Crippen LogP contribution >= 0.6 is 0 Å². The summed E-state index contributed by atoms with van der Waals surface area (Å²) >= 11 is 0. The third-order valence-electron chi connectivity index (χ3n) is 10.8. The van der Waals surface area contributed by atoms with Crippen molar-refractivity contribution < 1.29 is 24.2 Å². The smallest absolute Gasteiger partial charge is 0.311 e. The number of rotatable bonds is 40. The number of aliphatic hydroxyl groups is 1. The van der Waals surface area contributed by atoms with Gasteiger partial charge in [-0.3, -0.25) is 9.59 Å². The van der Waals surface area contributed by atoms with E-state index >= 15 is 0 Å². The van der Waals surface area contributed by atoms with Crippen LogP contribution in [-0.2, 0) is 19.1 Å². The highest BCUT2D eigenvalue weighted by Crippen LogP contribution is 2.27. The molecule has 0 aliphatic heterocycles. The first-order valence-corrected chi connectivity index (χ1v) is 22.5. The average Bonchev–Trinajstić information content (AvgIpc) is 3.12. The summed E-state index contributed by atoms with van der Waals surface area (Å²) in [7, 11) is 0. The topological polar surface area (TPSA) is 76.1 Å². The van der Waals surface area contributed by atoms with Gasteiger partial charge in [0.05, 0.1) is 18.6 Å². The van der Waals surface area contributed by atoms with E-state index in [4.69, 9.17) is 9.47 Å². The first-order chi connectivity index (χ1) is 24.8. The van der Waals surface area contributed by atoms with E-state index in [2.05, 4.69) is 39.5 Å². The van der Waals surface area contributed by atoms with Crippen LogP contribution in [0.4, 0.5) is 0 Å². The molecule has 304 valence electrons. The van der Waals surface area contributed by atoms with E-state index < -0.39 is 5.41 Å². The molecule has 0 radical (unpaired) electrons. The number of unbranched alkanes of at least 4 members (excludes halogenated alkanes) is 19. The fourth-order valence-electron chi connectivity index (χ4n) is 7.11. The van der Waals surface area contributed by atoms with Gasteiger partial charge < -0.3 is 19.5 Å². The van der Waals surface area contributed by atoms with Crippen LogP contribution in [0.15, 0.2) is 0 Å². The normalized spacial score (nSPS) is 11.9. The molecule has 0 aliphatic rings. The Morgan fingerprint density at radius 2 is 1.00 bits per heavy atom. The predicted molar refractivity (Wildman–Crippen MR) is 218 cm³/mol. The van der Waals surface area contributed by atoms with Crippen LogP contribution in [0.5, 0.6) is 0 Å². The third-order valence-corrected chi connectivity index (χ3v) is 10.8. The summed E-state index contributed by atoms with van der Waals surface area (Å²) in [6.07, 6.45) is 35.1. The van der Waals surface area contributed by atoms with E-state index in [1.165, 1.54) is 122 Å². The molecule has 51 heavy (non-hydrogen) atoms. The first kappa shape index (κ1) is 49.9. The Labute approximate surface area is 318 Å². The minimum Gasteiger partial charge on any atom is -0.466 e. The van der Waals surface area contributed by atoms with Crippen molar-refractivity contribution in [3.63, 3.8) is 0 Å². The van der Waals surface area contributed by atoms with Crippen molar-refractivity contribution in [3.8, 4) is 0 Å². The molecule has 1 N–H and O–H groups in total. The van der Waals surface area contributed by atoms with Crippen LogP contribution in [0, 0.1) is 11.3 Å². The van der Waals surface area contributed by atoms with E-state index in [0.29, 0.717) is 25.6 Å². The molecule has 0 atom stereocenters. The summed E-state index contributed by atoms with van der Waals surface area (Å²) in [5.74, 6) is 0.644. The van der Waals surface area contributed by atoms with E-state index in [1.54, 1.807) is 0 Å². The Balaban J connectivity index is 4.10. The standard InChI is InChI=1S/C45H89NO5/c1-6-9-12-15-16-22-29-40-50-43(48)33-25-18-17-20-27-36-46(38-30-39-47)37-28-21-19-26-35-45(4,5)44(49)51-41-34-42(31-23-13-10-7-2)32-24-14-11-8-3/h42,47H,6-41H2,1-5H3. The summed E-state index contributed by atoms with van der Waals surface area (Å²) in [5, 5.41) is 9.40. The van der Waals surface area contributed by atoms with Gasteiger partial charge in [-0.25, -0.2) is 0 Å². The summed E-state index contributed by atoms with van der Waals surface area (Å²) in [4.78, 5) is 27.5. The lowest BCUT2D eigenvalue weighted by molar-refractivity contribution is -0.154. The molecule has 0 saturated heterocycles. The van der Waals surface area contributed by atoms with E-state index in [-0.39, 0.29) is 18.5 Å². The lowest BCUT2D eigenvalue weighted by Crippen LogP contribution is -2.28. The fraction of sp³-hybridized carbons (Fsp3) is 0.956. The maximum atomic E-state index is 13.0. The van der Waals surface area contributed by atoms with E-state index in [0.717, 1.165) is 83.8 Å². The van der Waals surface area contributed by atoms with Crippen LogP contribution in [0.3, 0.4) is 0 Å². The number of hydrogen-bond acceptors (Lipinski definition) is 6. The van der Waals surface area contributed by atoms with Crippen molar-refractivity contribution in [2.45, 2.75) is 227 Å². The van der Waals surface area contributed by atoms with Crippen molar-refractivity contribution in [2.75, 3.05) is 39.5 Å². The summed E-state index contributed by atoms with van der Waals surface area (Å²) in [5.41, 5.74) is -0.418. The Kier molecular flexibility index (Phi) is 36.4. The highest BCUT2D eigenvalue weighted by molar-refractivity contribution is 5.75. The lowest BCUT2D eigenvalue weighted by atomic mass is 9.87. The van der Waals surface area contributed by atoms with Gasteiger partial charge in [0.15, 0.2) is 0 Å². The molecular weight excluding hydrogens is 634 g/mol. The van der Waals surface area contributed by atoms with Gasteiger partial charge in [-0.15, -0.1) is 0 Å². The lowest BCUT2D eigenvalue weighted by Gasteiger charge is -2.24. The van der Waals surface area contributed by atoms with Gasteiger partial charge in [0.2, 0.25) is 0 Å². The van der Waals surface area contributed by atoms with Crippen molar-refractivity contribution >= 4 is 11.9 Å². The second-order valence-electron chi connectivity index (χ2n) is 16.3. The molecule has 0 aromatic carbocycles. The maximum Gasteiger partial charge on any atom is 0.311 e. The number of esters is 2. The van der Waals surface area contributed by atoms with Gasteiger partial charge >= 0.3 is 11.9 Å². The van der Waals surface area contributed by atoms with E-state index in [9.17, 15) is 14.7 Å². The maximum absolute atomic E-state index is 13.0. The highest BCUT2D eigenvalue weighted by atomic mass is 16.5. The molecule has 0 heterocycles. The van der Waals surface area contributed by atoms with Crippen LogP contribution in [0.25, 0.3) is 0 Å². The van der Waals surface area contributed by atoms with Crippen molar-refractivity contribution in [2.24, 2.45) is 11.3 Å². The molecule has 0 aromatic heterocycles. The number of nitrogens with zero attached hydrogens (tertiary/aromatic N) is 1. The summed E-state index contributed by atoms with van der Waals surface area (Å²) in [6, 6.07) is 0. The van der Waals surface area contributed by atoms with Crippen LogP contribution < -0.4 is 0 Å². The second kappa shape index (κ2) is 37.2. The Bertz CT molecular complexity index is 745. The van der Waals surface area contributed by atoms with Gasteiger partial charge in [-0.2, -0.15) is 0 Å². The number of aliphatic hydroxyl groups excluding tert-OH is 1. The van der Waals surface area contributed by atoms with Crippen molar-refractivity contribution in [1.82, 2.24) is 4.90 Å². The quantitative estimate of drug-likeness (QED) is 0.0501. The third kappa shape index (κ3) is 33.2. The number of carbonyl (C=O) groups excluding carboxylic acids is 2. The minimum absolute atomic E-state index is 0.0212. The van der Waals surface area contributed by atoms with Gasteiger partial charge in [0.1, 0.15) is 0 Å². The number of hydrogen-bond donors (Lipinski definition) is 1. The first-order valence-electron chi connectivity index (χ1n) is 22.5. The van der Waals surface area contributed by atoms with Gasteiger partial charge in [-0.1, -0.05) is 162 Å². The van der Waals surface area contributed by atoms with Crippen LogP contribution in [0.2, 0.25) is 0 Å². The minimum atomic E-state index is -0.418. The summed E-state index contributed by atoms with van der Waals surface area (Å²) in [6.45, 7) is 15.4. The van der Waals surface area contributed by atoms with Crippen LogP contribution in [-0.4, -0.2) is 61.4 Å². The largest absolute Gasteiger partial charge is 0.466 e. The molecule has 6 heteroatoms. The highest BCUT2D eigenvalue weighted by Gasteiger charge is 2.28. The van der Waals surface area contributed by atoms with Gasteiger partial charge in [0.25, 0.3) is 0 Å². The molecule has 0 aromatic rings. The number of ether oxygens (including phenoxy) is 2. The molecule has 0 fully saturated rings. The molecule has 0 unspecified atom stereocenters. The average molecular weight is 724 g/mol. The molecular formula is C45H89NO5. The van der Waals surface area contributed by atoms with Crippen LogP contribution in [0.1, 0.15) is 227 Å². The second-order valence-corrected chi connectivity index (χ2v) is 16.3. The van der Waals surface area contributed by atoms with Crippen molar-refractivity contribution in [1.29, 1.82) is 0 Å². The number of carbonyl (C=O) groups is 2. The zero-order chi connectivity index (χ0) is 37.7. The Hall–Kier alpha value is -1.14. The molecule has 6 nitrogen and oxygen atoms in total.